The van der Waals surface area contributed by atoms with Crippen molar-refractivity contribution in [3.63, 3.8) is 0 Å². The summed E-state index contributed by atoms with van der Waals surface area (Å²) < 4.78 is 5.87. The van der Waals surface area contributed by atoms with Crippen molar-refractivity contribution in [2.75, 3.05) is 11.9 Å². The zero-order valence-electron chi connectivity index (χ0n) is 22.4. The van der Waals surface area contributed by atoms with Gasteiger partial charge in [0.15, 0.2) is 0 Å². The number of benzene rings is 2. The molecular weight excluding hydrogens is 475 g/mol. The van der Waals surface area contributed by atoms with Crippen LogP contribution in [0.5, 0.6) is 0 Å². The van der Waals surface area contributed by atoms with Gasteiger partial charge in [-0.3, -0.25) is 0 Å². The van der Waals surface area contributed by atoms with E-state index in [0.717, 1.165) is 12.5 Å². The first-order chi connectivity index (χ1) is 17.8. The summed E-state index contributed by atoms with van der Waals surface area (Å²) in [7, 11) is 0. The number of hydrogen-bond acceptors (Lipinski definition) is 3. The fourth-order valence-electron chi connectivity index (χ4n) is 6.13. The number of thiophene rings is 2. The van der Waals surface area contributed by atoms with Crippen molar-refractivity contribution >= 4 is 57.9 Å². The lowest BCUT2D eigenvalue weighted by Gasteiger charge is -2.19. The van der Waals surface area contributed by atoms with E-state index in [-0.39, 0.29) is 0 Å². The second-order valence-corrected chi connectivity index (χ2v) is 13.3. The van der Waals surface area contributed by atoms with Crippen LogP contribution in [0.4, 0.5) is 5.69 Å². The lowest BCUT2D eigenvalue weighted by atomic mass is 9.87. The van der Waals surface area contributed by atoms with Crippen molar-refractivity contribution in [2.45, 2.75) is 110 Å². The topological polar surface area (TPSA) is 12.0 Å². The van der Waals surface area contributed by atoms with Crippen LogP contribution in [0.1, 0.15) is 109 Å². The Bertz CT molecular complexity index is 1220. The first kappa shape index (κ1) is 26.0. The molecular formula is C33H45NS2. The molecule has 3 heteroatoms. The van der Waals surface area contributed by atoms with Crippen LogP contribution in [0.25, 0.3) is 29.6 Å². The van der Waals surface area contributed by atoms with Gasteiger partial charge in [0, 0.05) is 32.4 Å². The molecule has 0 atom stereocenters. The molecule has 1 saturated carbocycles. The smallest absolute Gasteiger partial charge is 0.0542 e. The fraction of sp³-hybridized carbons (Fsp3) is 0.576. The molecule has 0 saturated heterocycles. The maximum atomic E-state index is 3.67. The Labute approximate surface area is 226 Å². The summed E-state index contributed by atoms with van der Waals surface area (Å²) in [6.07, 6.45) is 22.4. The van der Waals surface area contributed by atoms with E-state index in [1.54, 1.807) is 0 Å². The molecule has 5 rings (SSSR count). The molecule has 2 heterocycles. The molecule has 2 aromatic carbocycles. The molecule has 36 heavy (non-hydrogen) atoms. The van der Waals surface area contributed by atoms with Crippen LogP contribution in [-0.4, -0.2) is 6.54 Å². The summed E-state index contributed by atoms with van der Waals surface area (Å²) in [4.78, 5) is 0. The van der Waals surface area contributed by atoms with Gasteiger partial charge in [-0.05, 0) is 48.9 Å². The third-order valence-corrected chi connectivity index (χ3v) is 10.8. The number of unbranched alkanes of at least 4 members (excludes halogenated alkanes) is 5. The van der Waals surface area contributed by atoms with Crippen LogP contribution in [0.3, 0.4) is 0 Å². The van der Waals surface area contributed by atoms with Gasteiger partial charge in [-0.2, -0.15) is 0 Å². The summed E-state index contributed by atoms with van der Waals surface area (Å²) in [5.74, 6) is 0.984. The molecule has 4 aromatic rings. The van der Waals surface area contributed by atoms with E-state index in [0.29, 0.717) is 0 Å². The van der Waals surface area contributed by atoms with Crippen molar-refractivity contribution in [2.24, 2.45) is 5.92 Å². The van der Waals surface area contributed by atoms with Crippen LogP contribution >= 0.6 is 22.7 Å². The standard InChI is InChI=1S/C33H45NS2/c1-2-3-4-5-9-12-22-34-27-19-21-29-31(24-27)36-32-28-20-18-26(23-30(28)35-33(29)32)17-13-16-25-14-10-7-6-8-11-15-25/h18-21,23-25,34H,2-17,22H2,1H3. The van der Waals surface area contributed by atoms with Gasteiger partial charge in [-0.25, -0.2) is 0 Å². The quantitative estimate of drug-likeness (QED) is 0.183. The minimum Gasteiger partial charge on any atom is -0.385 e. The molecule has 1 aliphatic carbocycles. The molecule has 0 amide bonds. The SMILES string of the molecule is CCCCCCCCNc1ccc2c(c1)sc1c3ccc(CCCC4CCCCCCC4)cc3sc21. The van der Waals surface area contributed by atoms with Crippen LogP contribution < -0.4 is 5.32 Å². The largest absolute Gasteiger partial charge is 0.385 e. The summed E-state index contributed by atoms with van der Waals surface area (Å²) >= 11 is 3.99. The Morgan fingerprint density at radius 3 is 2.17 bits per heavy atom. The van der Waals surface area contributed by atoms with E-state index in [1.165, 1.54) is 144 Å². The minimum atomic E-state index is 0.984. The third-order valence-electron chi connectivity index (χ3n) is 8.31. The number of hydrogen-bond donors (Lipinski definition) is 1. The fourth-order valence-corrected chi connectivity index (χ4v) is 8.88. The third kappa shape index (κ3) is 6.64. The normalized spacial score (nSPS) is 15.6. The summed E-state index contributed by atoms with van der Waals surface area (Å²) in [6, 6.07) is 14.3. The van der Waals surface area contributed by atoms with E-state index in [4.69, 9.17) is 0 Å². The highest BCUT2D eigenvalue weighted by Crippen LogP contribution is 2.45. The zero-order chi connectivity index (χ0) is 24.6. The molecule has 1 fully saturated rings. The summed E-state index contributed by atoms with van der Waals surface area (Å²) in [5.41, 5.74) is 2.81. The Morgan fingerprint density at radius 2 is 1.39 bits per heavy atom. The van der Waals surface area contributed by atoms with Crippen molar-refractivity contribution in [3.8, 4) is 0 Å². The molecule has 0 unspecified atom stereocenters. The minimum absolute atomic E-state index is 0.984. The number of fused-ring (bicyclic) bond motifs is 5. The average molecular weight is 520 g/mol. The van der Waals surface area contributed by atoms with Crippen molar-refractivity contribution in [3.05, 3.63) is 42.0 Å². The molecule has 0 bridgehead atoms. The van der Waals surface area contributed by atoms with Crippen LogP contribution in [-0.2, 0) is 6.42 Å². The lowest BCUT2D eigenvalue weighted by molar-refractivity contribution is 0.352. The van der Waals surface area contributed by atoms with E-state index in [9.17, 15) is 0 Å². The molecule has 1 nitrogen and oxygen atoms in total. The van der Waals surface area contributed by atoms with Gasteiger partial charge in [0.1, 0.15) is 0 Å². The molecule has 2 aromatic heterocycles. The van der Waals surface area contributed by atoms with Gasteiger partial charge in [0.2, 0.25) is 0 Å². The highest BCUT2D eigenvalue weighted by atomic mass is 32.1. The number of rotatable bonds is 12. The Hall–Kier alpha value is -1.58. The van der Waals surface area contributed by atoms with Crippen molar-refractivity contribution < 1.29 is 0 Å². The van der Waals surface area contributed by atoms with Gasteiger partial charge in [-0.1, -0.05) is 109 Å². The Kier molecular flexibility index (Phi) is 9.61. The summed E-state index contributed by atoms with van der Waals surface area (Å²) in [5, 5.41) is 6.57. The second kappa shape index (κ2) is 13.3. The molecule has 194 valence electrons. The molecule has 1 N–H and O–H groups in total. The monoisotopic (exact) mass is 519 g/mol. The van der Waals surface area contributed by atoms with E-state index in [1.807, 2.05) is 22.7 Å². The van der Waals surface area contributed by atoms with E-state index in [2.05, 4.69) is 48.6 Å². The number of anilines is 1. The average Bonchev–Trinajstić information content (AvgIpc) is 3.40. The van der Waals surface area contributed by atoms with Gasteiger partial charge in [-0.15, -0.1) is 22.7 Å². The Balaban J connectivity index is 1.19. The maximum Gasteiger partial charge on any atom is 0.0542 e. The highest BCUT2D eigenvalue weighted by molar-refractivity contribution is 7.36. The number of nitrogens with one attached hydrogen (secondary N) is 1. The van der Waals surface area contributed by atoms with Crippen molar-refractivity contribution in [1.29, 1.82) is 0 Å². The maximum absolute atomic E-state index is 3.67. The predicted octanol–water partition coefficient (Wildman–Crippen LogP) is 11.7. The predicted molar refractivity (Wildman–Crippen MR) is 165 cm³/mol. The second-order valence-electron chi connectivity index (χ2n) is 11.2. The van der Waals surface area contributed by atoms with Crippen LogP contribution in [0.2, 0.25) is 0 Å². The van der Waals surface area contributed by atoms with Crippen LogP contribution in [0.15, 0.2) is 36.4 Å². The zero-order valence-corrected chi connectivity index (χ0v) is 24.0. The van der Waals surface area contributed by atoms with Crippen LogP contribution in [0, 0.1) is 5.92 Å². The van der Waals surface area contributed by atoms with E-state index >= 15 is 0 Å². The molecule has 1 aliphatic rings. The molecule has 0 spiro atoms. The first-order valence-electron chi connectivity index (χ1n) is 14.9. The molecule has 0 radical (unpaired) electrons. The molecule has 0 aliphatic heterocycles. The van der Waals surface area contributed by atoms with Gasteiger partial charge in [0.05, 0.1) is 9.40 Å². The summed E-state index contributed by atoms with van der Waals surface area (Å²) in [6.45, 7) is 3.37. The van der Waals surface area contributed by atoms with Gasteiger partial charge >= 0.3 is 0 Å². The first-order valence-corrected chi connectivity index (χ1v) is 16.6. The highest BCUT2D eigenvalue weighted by Gasteiger charge is 2.14. The van der Waals surface area contributed by atoms with E-state index < -0.39 is 0 Å². The lowest BCUT2D eigenvalue weighted by Crippen LogP contribution is -2.04. The Morgan fingerprint density at radius 1 is 0.722 bits per heavy atom. The van der Waals surface area contributed by atoms with Crippen molar-refractivity contribution in [1.82, 2.24) is 0 Å². The number of aryl methyl sites for hydroxylation is 1. The van der Waals surface area contributed by atoms with Gasteiger partial charge in [0.25, 0.3) is 0 Å². The van der Waals surface area contributed by atoms with Gasteiger partial charge < -0.3 is 5.32 Å².